The van der Waals surface area contributed by atoms with Gasteiger partial charge in [0.2, 0.25) is 0 Å². The number of hydrogen-bond acceptors (Lipinski definition) is 10. The van der Waals surface area contributed by atoms with E-state index in [9.17, 15) is 22.8 Å². The molecule has 0 radical (unpaired) electrons. The molecule has 0 amide bonds. The molecule has 1 rings (SSSR count). The Bertz CT molecular complexity index is 961. The minimum atomic E-state index is -3.81. The first-order chi connectivity index (χ1) is 16.3. The third kappa shape index (κ3) is 17.7. The topological polar surface area (TPSA) is 142 Å². The molecule has 0 fully saturated rings. The number of aliphatic hydroxyl groups is 1. The number of carbonyl (C=O) groups excluding carboxylic acids is 3. The van der Waals surface area contributed by atoms with Crippen molar-refractivity contribution in [3.63, 3.8) is 0 Å². The maximum atomic E-state index is 11.7. The van der Waals surface area contributed by atoms with Crippen LogP contribution in [0.25, 0.3) is 0 Å². The second kappa shape index (κ2) is 18.9. The van der Waals surface area contributed by atoms with Crippen LogP contribution in [0.15, 0.2) is 65.8 Å². The highest BCUT2D eigenvalue weighted by Crippen LogP contribution is 2.13. The first kappa shape index (κ1) is 33.7. The number of benzene rings is 1. The molecule has 0 bridgehead atoms. The fourth-order valence-electron chi connectivity index (χ4n) is 1.66. The van der Waals surface area contributed by atoms with Gasteiger partial charge in [-0.25, -0.2) is 14.4 Å². The molecule has 1 aromatic rings. The van der Waals surface area contributed by atoms with E-state index in [-0.39, 0.29) is 29.7 Å². The predicted octanol–water partition coefficient (Wildman–Crippen LogP) is 3.57. The number of aryl methyl sites for hydroxylation is 1. The Morgan fingerprint density at radius 2 is 1.49 bits per heavy atom. The summed E-state index contributed by atoms with van der Waals surface area (Å²) in [7, 11) is -2.48. The van der Waals surface area contributed by atoms with Crippen molar-refractivity contribution in [3.05, 3.63) is 66.5 Å². The summed E-state index contributed by atoms with van der Waals surface area (Å²) >= 11 is 0. The van der Waals surface area contributed by atoms with E-state index in [1.807, 2.05) is 13.8 Å². The van der Waals surface area contributed by atoms with Crippen LogP contribution in [-0.4, -0.2) is 58.4 Å². The van der Waals surface area contributed by atoms with Crippen molar-refractivity contribution in [2.24, 2.45) is 0 Å². The van der Waals surface area contributed by atoms with Gasteiger partial charge in [-0.1, -0.05) is 37.8 Å². The highest BCUT2D eigenvalue weighted by Gasteiger charge is 2.15. The predicted molar refractivity (Wildman–Crippen MR) is 130 cm³/mol. The Kier molecular flexibility index (Phi) is 18.2. The van der Waals surface area contributed by atoms with Gasteiger partial charge >= 0.3 is 17.9 Å². The monoisotopic (exact) mass is 514 g/mol. The lowest BCUT2D eigenvalue weighted by Crippen LogP contribution is -2.14. The summed E-state index contributed by atoms with van der Waals surface area (Å²) in [5.74, 6) is -1.42. The largest absolute Gasteiger partial charge is 0.515 e. The Hall–Kier alpha value is -3.44. The van der Waals surface area contributed by atoms with Gasteiger partial charge in [0, 0.05) is 11.1 Å². The molecule has 0 spiro atoms. The highest BCUT2D eigenvalue weighted by molar-refractivity contribution is 7.86. The van der Waals surface area contributed by atoms with Gasteiger partial charge in [-0.3, -0.25) is 4.18 Å². The number of hydrogen-bond donors (Lipinski definition) is 1. The Morgan fingerprint density at radius 3 is 1.89 bits per heavy atom. The minimum Gasteiger partial charge on any atom is -0.515 e. The van der Waals surface area contributed by atoms with E-state index in [1.54, 1.807) is 19.1 Å². The second-order valence-electron chi connectivity index (χ2n) is 6.76. The second-order valence-corrected chi connectivity index (χ2v) is 8.38. The summed E-state index contributed by atoms with van der Waals surface area (Å²) in [6.07, 6.45) is 2.43. The van der Waals surface area contributed by atoms with Crippen LogP contribution in [0.5, 0.6) is 0 Å². The molecule has 0 aromatic heterocycles. The first-order valence-corrected chi connectivity index (χ1v) is 11.7. The summed E-state index contributed by atoms with van der Waals surface area (Å²) in [6, 6.07) is 6.28. The van der Waals surface area contributed by atoms with E-state index in [0.717, 1.165) is 18.1 Å². The summed E-state index contributed by atoms with van der Waals surface area (Å²) in [4.78, 5) is 31.6. The van der Waals surface area contributed by atoms with Crippen LogP contribution in [0.1, 0.15) is 32.8 Å². The third-order valence-corrected chi connectivity index (χ3v) is 4.73. The molecule has 35 heavy (non-hydrogen) atoms. The van der Waals surface area contributed by atoms with Crippen molar-refractivity contribution >= 4 is 28.0 Å². The molecule has 1 aromatic carbocycles. The summed E-state index contributed by atoms with van der Waals surface area (Å²) in [5, 5.41) is 8.05. The zero-order valence-electron chi connectivity index (χ0n) is 20.7. The molecule has 0 saturated carbocycles. The van der Waals surface area contributed by atoms with Crippen LogP contribution >= 0.6 is 0 Å². The van der Waals surface area contributed by atoms with Gasteiger partial charge in [0.25, 0.3) is 10.1 Å². The molecule has 1 N–H and O–H groups in total. The molecule has 0 aliphatic carbocycles. The maximum Gasteiger partial charge on any atom is 0.333 e. The zero-order valence-corrected chi connectivity index (χ0v) is 21.6. The fraction of sp³-hybridized carbons (Fsp3) is 0.375. The van der Waals surface area contributed by atoms with E-state index >= 15 is 0 Å². The van der Waals surface area contributed by atoms with E-state index in [1.165, 1.54) is 26.2 Å². The zero-order chi connectivity index (χ0) is 27.4. The SMILES string of the molecule is C=C(C)C(=O)OC.C=C(C)C(=O)OCCOS(=O)(=O)c1ccc(C)cc1.CCCOC(=O)C=CO. The van der Waals surface area contributed by atoms with Crippen LogP contribution in [0.2, 0.25) is 0 Å². The van der Waals surface area contributed by atoms with Crippen LogP contribution in [0, 0.1) is 6.92 Å². The van der Waals surface area contributed by atoms with Crippen LogP contribution in [0.4, 0.5) is 0 Å². The maximum absolute atomic E-state index is 11.7. The number of aliphatic hydroxyl groups excluding tert-OH is 1. The molecular weight excluding hydrogens is 480 g/mol. The van der Waals surface area contributed by atoms with Gasteiger partial charge in [0.05, 0.1) is 31.0 Å². The number of rotatable bonds is 10. The fourth-order valence-corrected chi connectivity index (χ4v) is 2.55. The first-order valence-electron chi connectivity index (χ1n) is 10.3. The van der Waals surface area contributed by atoms with Crippen LogP contribution in [0.3, 0.4) is 0 Å². The quantitative estimate of drug-likeness (QED) is 0.123. The van der Waals surface area contributed by atoms with Crippen molar-refractivity contribution in [1.82, 2.24) is 0 Å². The van der Waals surface area contributed by atoms with Crippen molar-refractivity contribution in [2.75, 3.05) is 26.9 Å². The van der Waals surface area contributed by atoms with Gasteiger partial charge in [-0.15, -0.1) is 0 Å². The van der Waals surface area contributed by atoms with Crippen molar-refractivity contribution in [3.8, 4) is 0 Å². The average Bonchev–Trinajstić information content (AvgIpc) is 2.81. The molecule has 0 saturated heterocycles. The number of methoxy groups -OCH3 is 1. The Balaban J connectivity index is 0. The third-order valence-electron chi connectivity index (χ3n) is 3.41. The molecule has 0 atom stereocenters. The molecule has 0 aliphatic rings. The van der Waals surface area contributed by atoms with E-state index in [2.05, 4.69) is 22.6 Å². The normalized spacial score (nSPS) is 10.1. The van der Waals surface area contributed by atoms with Crippen molar-refractivity contribution < 1.29 is 46.3 Å². The van der Waals surface area contributed by atoms with Crippen LogP contribution in [-0.2, 0) is 42.9 Å². The van der Waals surface area contributed by atoms with Crippen molar-refractivity contribution in [2.45, 2.75) is 39.0 Å². The molecule has 11 heteroatoms. The lowest BCUT2D eigenvalue weighted by molar-refractivity contribution is -0.140. The average molecular weight is 515 g/mol. The van der Waals surface area contributed by atoms with Gasteiger partial charge in [0.15, 0.2) is 0 Å². The lowest BCUT2D eigenvalue weighted by atomic mass is 10.2. The van der Waals surface area contributed by atoms with Crippen LogP contribution < -0.4 is 0 Å². The van der Waals surface area contributed by atoms with Gasteiger partial charge in [-0.05, 0) is 39.3 Å². The molecular formula is C24H34O10S. The summed E-state index contributed by atoms with van der Waals surface area (Å²) < 4.78 is 41.8. The lowest BCUT2D eigenvalue weighted by Gasteiger charge is -2.07. The molecule has 10 nitrogen and oxygen atoms in total. The van der Waals surface area contributed by atoms with Crippen molar-refractivity contribution in [1.29, 1.82) is 0 Å². The van der Waals surface area contributed by atoms with E-state index < -0.39 is 22.1 Å². The van der Waals surface area contributed by atoms with Gasteiger partial charge < -0.3 is 19.3 Å². The number of ether oxygens (including phenoxy) is 3. The van der Waals surface area contributed by atoms with Gasteiger partial charge in [-0.2, -0.15) is 8.42 Å². The number of esters is 3. The standard InChI is InChI=1S/C13H16O5S.C6H10O3.C5H8O2/c1-10(2)13(14)17-8-9-18-19(15,16)12-6-4-11(3)5-7-12;1-2-5-9-6(8)3-4-7;1-4(2)5(6)7-3/h4-7H,1,8-9H2,2-3H3;3-4,7H,2,5H2,1H3;1H2,2-3H3. The molecule has 0 aliphatic heterocycles. The number of carbonyl (C=O) groups is 3. The van der Waals surface area contributed by atoms with E-state index in [0.29, 0.717) is 18.4 Å². The van der Waals surface area contributed by atoms with Gasteiger partial charge in [0.1, 0.15) is 13.2 Å². The molecule has 0 unspecified atom stereocenters. The Morgan fingerprint density at radius 1 is 0.943 bits per heavy atom. The molecule has 196 valence electrons. The highest BCUT2D eigenvalue weighted by atomic mass is 32.2. The minimum absolute atomic E-state index is 0.0735. The molecule has 0 heterocycles. The van der Waals surface area contributed by atoms with E-state index in [4.69, 9.17) is 14.0 Å². The smallest absolute Gasteiger partial charge is 0.333 e. The Labute approximate surface area is 207 Å². The summed E-state index contributed by atoms with van der Waals surface area (Å²) in [5.41, 5.74) is 1.64. The summed E-state index contributed by atoms with van der Waals surface area (Å²) in [6.45, 7) is 13.7.